The summed E-state index contributed by atoms with van der Waals surface area (Å²) in [7, 11) is 3.58. The highest BCUT2D eigenvalue weighted by atomic mass is 127. The summed E-state index contributed by atoms with van der Waals surface area (Å²) in [6, 6.07) is 10.2. The molecule has 0 aliphatic heterocycles. The lowest BCUT2D eigenvalue weighted by Crippen LogP contribution is -2.47. The van der Waals surface area contributed by atoms with Gasteiger partial charge in [-0.15, -0.1) is 24.0 Å². The quantitative estimate of drug-likeness (QED) is 0.243. The highest BCUT2D eigenvalue weighted by Gasteiger charge is 2.36. The number of nitrogens with one attached hydrogen (secondary N) is 2. The third-order valence-corrected chi connectivity index (χ3v) is 4.76. The fraction of sp³-hybridized carbons (Fsp3) is 0.632. The Bertz CT molecular complexity index is 493. The van der Waals surface area contributed by atoms with E-state index in [1.54, 1.807) is 7.11 Å². The van der Waals surface area contributed by atoms with Crippen molar-refractivity contribution in [3.63, 3.8) is 0 Å². The first kappa shape index (κ1) is 22.2. The number of rotatable bonds is 10. The summed E-state index contributed by atoms with van der Waals surface area (Å²) in [6.07, 6.45) is 5.00. The van der Waals surface area contributed by atoms with Crippen LogP contribution in [-0.4, -0.2) is 46.4 Å². The molecule has 1 fully saturated rings. The van der Waals surface area contributed by atoms with Crippen LogP contribution in [-0.2, 0) is 16.1 Å². The highest BCUT2D eigenvalue weighted by molar-refractivity contribution is 14.0. The fourth-order valence-electron chi connectivity index (χ4n) is 3.01. The normalized spacial score (nSPS) is 15.8. The van der Waals surface area contributed by atoms with Crippen molar-refractivity contribution < 1.29 is 9.47 Å². The number of aliphatic imine (C=N–C) groups is 1. The fourth-order valence-corrected chi connectivity index (χ4v) is 3.01. The Hall–Kier alpha value is -0.860. The van der Waals surface area contributed by atoms with Gasteiger partial charge in [0.2, 0.25) is 0 Å². The minimum absolute atomic E-state index is 0. The predicted octanol–water partition coefficient (Wildman–Crippen LogP) is 3.19. The molecular formula is C19H32IN3O2. The first-order chi connectivity index (χ1) is 11.8. The van der Waals surface area contributed by atoms with Crippen LogP contribution in [0.3, 0.4) is 0 Å². The summed E-state index contributed by atoms with van der Waals surface area (Å²) in [6.45, 7) is 3.85. The number of halogens is 1. The third-order valence-electron chi connectivity index (χ3n) is 4.76. The van der Waals surface area contributed by atoms with Crippen molar-refractivity contribution in [2.45, 2.75) is 32.3 Å². The van der Waals surface area contributed by atoms with Gasteiger partial charge in [-0.05, 0) is 30.2 Å². The Morgan fingerprint density at radius 1 is 1.16 bits per heavy atom. The van der Waals surface area contributed by atoms with Gasteiger partial charge in [0.1, 0.15) is 0 Å². The Labute approximate surface area is 169 Å². The molecule has 1 aromatic rings. The average molecular weight is 461 g/mol. The summed E-state index contributed by atoms with van der Waals surface area (Å²) < 4.78 is 10.9. The van der Waals surface area contributed by atoms with E-state index in [0.29, 0.717) is 18.6 Å². The van der Waals surface area contributed by atoms with Crippen molar-refractivity contribution in [1.29, 1.82) is 0 Å². The molecule has 2 rings (SSSR count). The second kappa shape index (κ2) is 12.5. The van der Waals surface area contributed by atoms with Gasteiger partial charge in [-0.1, -0.05) is 36.8 Å². The molecule has 6 heteroatoms. The van der Waals surface area contributed by atoms with Crippen LogP contribution in [0.5, 0.6) is 0 Å². The standard InChI is InChI=1S/C19H31N3O2.HI/c1-20-18(22-16-19(9-6-10-19)11-13-23-2)21-12-14-24-15-17-7-4-3-5-8-17;/h3-5,7-8H,6,9-16H2,1-2H3,(H2,20,21,22);1H. The van der Waals surface area contributed by atoms with Crippen LogP contribution in [0, 0.1) is 5.41 Å². The lowest BCUT2D eigenvalue weighted by molar-refractivity contribution is 0.0731. The smallest absolute Gasteiger partial charge is 0.191 e. The van der Waals surface area contributed by atoms with Gasteiger partial charge in [-0.25, -0.2) is 0 Å². The molecule has 1 aromatic carbocycles. The first-order valence-corrected chi connectivity index (χ1v) is 8.83. The molecule has 5 nitrogen and oxygen atoms in total. The van der Waals surface area contributed by atoms with Crippen LogP contribution in [0.25, 0.3) is 0 Å². The summed E-state index contributed by atoms with van der Waals surface area (Å²) >= 11 is 0. The van der Waals surface area contributed by atoms with Crippen molar-refractivity contribution in [1.82, 2.24) is 10.6 Å². The number of guanidine groups is 1. The molecule has 2 N–H and O–H groups in total. The number of hydrogen-bond acceptors (Lipinski definition) is 3. The minimum Gasteiger partial charge on any atom is -0.385 e. The molecular weight excluding hydrogens is 429 g/mol. The number of nitrogens with zero attached hydrogens (tertiary/aromatic N) is 1. The molecule has 1 aliphatic rings. The molecule has 0 aromatic heterocycles. The summed E-state index contributed by atoms with van der Waals surface area (Å²) in [5, 5.41) is 6.77. The molecule has 0 radical (unpaired) electrons. The van der Waals surface area contributed by atoms with Gasteiger partial charge in [-0.3, -0.25) is 4.99 Å². The van der Waals surface area contributed by atoms with Gasteiger partial charge in [0, 0.05) is 33.9 Å². The minimum atomic E-state index is 0. The van der Waals surface area contributed by atoms with Crippen LogP contribution < -0.4 is 10.6 Å². The molecule has 1 saturated carbocycles. The van der Waals surface area contributed by atoms with Crippen molar-refractivity contribution in [3.8, 4) is 0 Å². The van der Waals surface area contributed by atoms with Crippen molar-refractivity contribution in [3.05, 3.63) is 35.9 Å². The molecule has 0 atom stereocenters. The second-order valence-corrected chi connectivity index (χ2v) is 6.49. The van der Waals surface area contributed by atoms with E-state index in [1.807, 2.05) is 25.2 Å². The van der Waals surface area contributed by atoms with E-state index in [9.17, 15) is 0 Å². The van der Waals surface area contributed by atoms with E-state index in [4.69, 9.17) is 9.47 Å². The van der Waals surface area contributed by atoms with Gasteiger partial charge in [0.15, 0.2) is 5.96 Å². The lowest BCUT2D eigenvalue weighted by Gasteiger charge is -2.42. The third kappa shape index (κ3) is 7.92. The second-order valence-electron chi connectivity index (χ2n) is 6.49. The van der Waals surface area contributed by atoms with E-state index in [2.05, 4.69) is 27.8 Å². The van der Waals surface area contributed by atoms with Gasteiger partial charge < -0.3 is 20.1 Å². The monoisotopic (exact) mass is 461 g/mol. The molecule has 0 unspecified atom stereocenters. The van der Waals surface area contributed by atoms with Crippen molar-refractivity contribution >= 4 is 29.9 Å². The Morgan fingerprint density at radius 2 is 1.92 bits per heavy atom. The summed E-state index contributed by atoms with van der Waals surface area (Å²) in [4.78, 5) is 4.29. The average Bonchev–Trinajstić information content (AvgIpc) is 2.59. The van der Waals surface area contributed by atoms with Crippen LogP contribution >= 0.6 is 24.0 Å². The summed E-state index contributed by atoms with van der Waals surface area (Å²) in [5.74, 6) is 0.849. The van der Waals surface area contributed by atoms with E-state index in [-0.39, 0.29) is 24.0 Å². The van der Waals surface area contributed by atoms with Crippen LogP contribution in [0.15, 0.2) is 35.3 Å². The molecule has 1 aliphatic carbocycles. The molecule has 0 heterocycles. The van der Waals surface area contributed by atoms with Gasteiger partial charge in [0.25, 0.3) is 0 Å². The lowest BCUT2D eigenvalue weighted by atomic mass is 9.67. The Morgan fingerprint density at radius 3 is 2.52 bits per heavy atom. The molecule has 142 valence electrons. The first-order valence-electron chi connectivity index (χ1n) is 8.83. The molecule has 0 saturated heterocycles. The number of methoxy groups -OCH3 is 1. The van der Waals surface area contributed by atoms with E-state index in [0.717, 1.165) is 32.1 Å². The molecule has 0 amide bonds. The van der Waals surface area contributed by atoms with Crippen LogP contribution in [0.4, 0.5) is 0 Å². The van der Waals surface area contributed by atoms with Crippen LogP contribution in [0.2, 0.25) is 0 Å². The SMILES string of the molecule is CN=C(NCCOCc1ccccc1)NCC1(CCOC)CCC1.I. The van der Waals surface area contributed by atoms with Gasteiger partial charge >= 0.3 is 0 Å². The van der Waals surface area contributed by atoms with E-state index < -0.39 is 0 Å². The van der Waals surface area contributed by atoms with Gasteiger partial charge in [0.05, 0.1) is 13.2 Å². The molecule has 0 bridgehead atoms. The van der Waals surface area contributed by atoms with E-state index >= 15 is 0 Å². The maximum absolute atomic E-state index is 5.68. The zero-order valence-electron chi connectivity index (χ0n) is 15.4. The Kier molecular flexibility index (Phi) is 11.1. The number of benzene rings is 1. The molecule has 0 spiro atoms. The number of hydrogen-bond donors (Lipinski definition) is 2. The highest BCUT2D eigenvalue weighted by Crippen LogP contribution is 2.43. The number of ether oxygens (including phenoxy) is 2. The Balaban J connectivity index is 0.00000312. The molecule has 25 heavy (non-hydrogen) atoms. The van der Waals surface area contributed by atoms with Crippen molar-refractivity contribution in [2.24, 2.45) is 10.4 Å². The topological polar surface area (TPSA) is 54.9 Å². The predicted molar refractivity (Wildman–Crippen MR) is 114 cm³/mol. The zero-order chi connectivity index (χ0) is 17.1. The summed E-state index contributed by atoms with van der Waals surface area (Å²) in [5.41, 5.74) is 1.59. The largest absolute Gasteiger partial charge is 0.385 e. The zero-order valence-corrected chi connectivity index (χ0v) is 17.8. The van der Waals surface area contributed by atoms with Gasteiger partial charge in [-0.2, -0.15) is 0 Å². The maximum atomic E-state index is 5.68. The maximum Gasteiger partial charge on any atom is 0.191 e. The van der Waals surface area contributed by atoms with E-state index in [1.165, 1.54) is 24.8 Å². The van der Waals surface area contributed by atoms with Crippen LogP contribution in [0.1, 0.15) is 31.2 Å². The van der Waals surface area contributed by atoms with Crippen molar-refractivity contribution in [2.75, 3.05) is 40.5 Å².